The Labute approximate surface area is 146 Å². The zero-order valence-electron chi connectivity index (χ0n) is 14.4. The minimum atomic E-state index is -0.617. The van der Waals surface area contributed by atoms with E-state index in [1.807, 2.05) is 19.9 Å². The van der Waals surface area contributed by atoms with E-state index in [4.69, 9.17) is 9.47 Å². The maximum Gasteiger partial charge on any atom is 0.417 e. The lowest BCUT2D eigenvalue weighted by atomic mass is 9.93. The van der Waals surface area contributed by atoms with Gasteiger partial charge in [-0.05, 0) is 38.1 Å². The van der Waals surface area contributed by atoms with Crippen molar-refractivity contribution in [2.45, 2.75) is 13.8 Å². The second-order valence-corrected chi connectivity index (χ2v) is 6.55. The molecular weight excluding hydrogens is 320 g/mol. The average Bonchev–Trinajstić information content (AvgIpc) is 2.67. The summed E-state index contributed by atoms with van der Waals surface area (Å²) in [6, 6.07) is 13.9. The van der Waals surface area contributed by atoms with E-state index < -0.39 is 11.5 Å². The number of nitrogens with zero attached hydrogens (tertiary/aromatic N) is 1. The van der Waals surface area contributed by atoms with Crippen LogP contribution < -0.4 is 19.7 Å². The Morgan fingerprint density at radius 3 is 2.64 bits per heavy atom. The summed E-state index contributed by atoms with van der Waals surface area (Å²) in [4.78, 5) is 26.0. The van der Waals surface area contributed by atoms with E-state index in [1.165, 1.54) is 0 Å². The zero-order chi connectivity index (χ0) is 18.0. The second kappa shape index (κ2) is 6.47. The molecule has 0 saturated carbocycles. The lowest BCUT2D eigenvalue weighted by Crippen LogP contribution is -2.39. The van der Waals surface area contributed by atoms with Crippen LogP contribution in [0.3, 0.4) is 0 Å². The Morgan fingerprint density at radius 2 is 1.92 bits per heavy atom. The molecule has 1 N–H and O–H groups in total. The highest BCUT2D eigenvalue weighted by atomic mass is 16.6. The molecule has 0 aliphatic carbocycles. The van der Waals surface area contributed by atoms with Crippen molar-refractivity contribution in [3.63, 3.8) is 0 Å². The van der Waals surface area contributed by atoms with Gasteiger partial charge in [-0.2, -0.15) is 0 Å². The smallest absolute Gasteiger partial charge is 0.417 e. The van der Waals surface area contributed by atoms with Gasteiger partial charge >= 0.3 is 6.09 Å². The highest BCUT2D eigenvalue weighted by Crippen LogP contribution is 2.37. The van der Waals surface area contributed by atoms with E-state index in [1.54, 1.807) is 54.4 Å². The lowest BCUT2D eigenvalue weighted by molar-refractivity contribution is -0.127. The van der Waals surface area contributed by atoms with Crippen LogP contribution in [-0.2, 0) is 4.79 Å². The predicted octanol–water partition coefficient (Wildman–Crippen LogP) is 3.68. The number of rotatable bonds is 2. The summed E-state index contributed by atoms with van der Waals surface area (Å²) in [7, 11) is 1.72. The fraction of sp³-hybridized carbons (Fsp3) is 0.263. The van der Waals surface area contributed by atoms with Crippen molar-refractivity contribution in [2.75, 3.05) is 23.9 Å². The quantitative estimate of drug-likeness (QED) is 0.905. The molecule has 3 rings (SSSR count). The van der Waals surface area contributed by atoms with E-state index in [9.17, 15) is 9.59 Å². The molecule has 0 radical (unpaired) electrons. The molecule has 1 heterocycles. The molecule has 1 aliphatic heterocycles. The predicted molar refractivity (Wildman–Crippen MR) is 95.2 cm³/mol. The number of anilines is 2. The molecule has 2 aromatic carbocycles. The Hall–Kier alpha value is -3.02. The summed E-state index contributed by atoms with van der Waals surface area (Å²) in [5, 5.41) is 2.66. The third-order valence-corrected chi connectivity index (χ3v) is 3.99. The van der Waals surface area contributed by atoms with Gasteiger partial charge in [0.2, 0.25) is 5.91 Å². The molecule has 0 saturated heterocycles. The van der Waals surface area contributed by atoms with E-state index in [-0.39, 0.29) is 12.5 Å². The summed E-state index contributed by atoms with van der Waals surface area (Å²) in [6.45, 7) is 3.95. The minimum absolute atomic E-state index is 0.0181. The van der Waals surface area contributed by atoms with Crippen molar-refractivity contribution in [1.29, 1.82) is 0 Å². The van der Waals surface area contributed by atoms with Gasteiger partial charge < -0.3 is 14.4 Å². The van der Waals surface area contributed by atoms with Crippen molar-refractivity contribution in [3.05, 3.63) is 48.5 Å². The number of benzene rings is 2. The van der Waals surface area contributed by atoms with Gasteiger partial charge in [0.15, 0.2) is 0 Å². The van der Waals surface area contributed by atoms with Gasteiger partial charge in [-0.1, -0.05) is 18.2 Å². The number of amides is 2. The molecule has 0 bridgehead atoms. The summed E-state index contributed by atoms with van der Waals surface area (Å²) >= 11 is 0. The molecule has 2 amide bonds. The minimum Gasteiger partial charge on any atom is -0.490 e. The number of nitrogens with one attached hydrogen (secondary N) is 1. The fourth-order valence-electron chi connectivity index (χ4n) is 2.61. The monoisotopic (exact) mass is 340 g/mol. The van der Waals surface area contributed by atoms with Crippen LogP contribution in [0.2, 0.25) is 0 Å². The number of fused-ring (bicyclic) bond motifs is 1. The number of ether oxygens (including phenoxy) is 2. The van der Waals surface area contributed by atoms with Gasteiger partial charge in [0.1, 0.15) is 18.1 Å². The third kappa shape index (κ3) is 3.57. The van der Waals surface area contributed by atoms with Gasteiger partial charge in [-0.15, -0.1) is 0 Å². The summed E-state index contributed by atoms with van der Waals surface area (Å²) < 4.78 is 11.0. The molecule has 0 atom stereocenters. The molecule has 0 aromatic heterocycles. The van der Waals surface area contributed by atoms with Crippen LogP contribution >= 0.6 is 0 Å². The highest BCUT2D eigenvalue weighted by Gasteiger charge is 2.36. The van der Waals surface area contributed by atoms with Crippen molar-refractivity contribution in [2.24, 2.45) is 5.41 Å². The highest BCUT2D eigenvalue weighted by molar-refractivity contribution is 5.99. The molecule has 130 valence electrons. The standard InChI is InChI=1S/C19H20N2O4/c1-19(2)12-24-16-11-13(9-10-15(16)21(3)17(19)22)20-18(23)25-14-7-5-4-6-8-14/h4-11H,12H2,1-3H3,(H,20,23). The maximum absolute atomic E-state index is 12.5. The van der Waals surface area contributed by atoms with Crippen molar-refractivity contribution in [3.8, 4) is 11.5 Å². The summed E-state index contributed by atoms with van der Waals surface area (Å²) in [5.41, 5.74) is 0.575. The number of carbonyl (C=O) groups is 2. The topological polar surface area (TPSA) is 67.9 Å². The molecule has 0 spiro atoms. The van der Waals surface area contributed by atoms with E-state index in [2.05, 4.69) is 5.32 Å². The first-order chi connectivity index (χ1) is 11.9. The van der Waals surface area contributed by atoms with Crippen LogP contribution in [0, 0.1) is 5.41 Å². The van der Waals surface area contributed by atoms with Crippen molar-refractivity contribution >= 4 is 23.4 Å². The first-order valence-electron chi connectivity index (χ1n) is 7.96. The largest absolute Gasteiger partial charge is 0.490 e. The molecule has 6 nitrogen and oxygen atoms in total. The number of carbonyl (C=O) groups excluding carboxylic acids is 2. The van der Waals surface area contributed by atoms with Crippen LogP contribution in [0.4, 0.5) is 16.2 Å². The Balaban J connectivity index is 1.77. The molecule has 0 fully saturated rings. The normalized spacial score (nSPS) is 15.6. The van der Waals surface area contributed by atoms with Crippen LogP contribution in [-0.4, -0.2) is 25.7 Å². The number of hydrogen-bond acceptors (Lipinski definition) is 4. The summed E-state index contributed by atoms with van der Waals surface area (Å²) in [6.07, 6.45) is -0.593. The van der Waals surface area contributed by atoms with Crippen LogP contribution in [0.15, 0.2) is 48.5 Å². The summed E-state index contributed by atoms with van der Waals surface area (Å²) in [5.74, 6) is 0.979. The first-order valence-corrected chi connectivity index (χ1v) is 7.96. The molecular formula is C19H20N2O4. The zero-order valence-corrected chi connectivity index (χ0v) is 14.4. The molecule has 6 heteroatoms. The average molecular weight is 340 g/mol. The SMILES string of the molecule is CN1C(=O)C(C)(C)COc2cc(NC(=O)Oc3ccccc3)ccc21. The molecule has 0 unspecified atom stereocenters. The maximum atomic E-state index is 12.5. The Kier molecular flexibility index (Phi) is 4.35. The first kappa shape index (κ1) is 16.8. The number of para-hydroxylation sites is 1. The van der Waals surface area contributed by atoms with Crippen molar-refractivity contribution < 1.29 is 19.1 Å². The fourth-order valence-corrected chi connectivity index (χ4v) is 2.61. The Bertz CT molecular complexity index is 802. The van der Waals surface area contributed by atoms with E-state index in [0.717, 1.165) is 0 Å². The number of hydrogen-bond donors (Lipinski definition) is 1. The van der Waals surface area contributed by atoms with E-state index >= 15 is 0 Å². The molecule has 2 aromatic rings. The Morgan fingerprint density at radius 1 is 1.20 bits per heavy atom. The third-order valence-electron chi connectivity index (χ3n) is 3.99. The van der Waals surface area contributed by atoms with E-state index in [0.29, 0.717) is 22.9 Å². The molecule has 1 aliphatic rings. The van der Waals surface area contributed by atoms with Gasteiger partial charge in [-0.3, -0.25) is 10.1 Å². The second-order valence-electron chi connectivity index (χ2n) is 6.55. The van der Waals surface area contributed by atoms with Gasteiger partial charge in [0, 0.05) is 18.8 Å². The van der Waals surface area contributed by atoms with Crippen LogP contribution in [0.1, 0.15) is 13.8 Å². The molecule has 25 heavy (non-hydrogen) atoms. The van der Waals surface area contributed by atoms with Crippen molar-refractivity contribution in [1.82, 2.24) is 0 Å². The van der Waals surface area contributed by atoms with Gasteiger partial charge in [0.05, 0.1) is 11.1 Å². The van der Waals surface area contributed by atoms with Gasteiger partial charge in [0.25, 0.3) is 0 Å². The van der Waals surface area contributed by atoms with Crippen LogP contribution in [0.5, 0.6) is 11.5 Å². The van der Waals surface area contributed by atoms with Gasteiger partial charge in [-0.25, -0.2) is 4.79 Å². The lowest BCUT2D eigenvalue weighted by Gasteiger charge is -2.24. The van der Waals surface area contributed by atoms with Crippen LogP contribution in [0.25, 0.3) is 0 Å².